The topological polar surface area (TPSA) is 28.7 Å². The van der Waals surface area contributed by atoms with Crippen LogP contribution >= 0.6 is 0 Å². The predicted octanol–water partition coefficient (Wildman–Crippen LogP) is 2.69. The number of aryl methyl sites for hydroxylation is 2. The van der Waals surface area contributed by atoms with Crippen LogP contribution < -0.4 is 0 Å². The number of aromatic amines is 1. The number of H-pyrrole nitrogens is 1. The number of nitrogens with zero attached hydrogens (tertiary/aromatic N) is 1. The van der Waals surface area contributed by atoms with Gasteiger partial charge in [0.25, 0.3) is 0 Å². The Morgan fingerprint density at radius 3 is 2.69 bits per heavy atom. The van der Waals surface area contributed by atoms with E-state index >= 15 is 0 Å². The second-order valence-corrected chi connectivity index (χ2v) is 3.24. The van der Waals surface area contributed by atoms with Crippen LogP contribution in [0.25, 0.3) is 11.3 Å². The summed E-state index contributed by atoms with van der Waals surface area (Å²) >= 11 is 0. The Morgan fingerprint density at radius 2 is 2.08 bits per heavy atom. The SMILES string of the molecule is Cc1cccc(-c2c[nH]c(C)n2)c1. The molecular formula is C11H12N2. The van der Waals surface area contributed by atoms with Crippen LogP contribution in [0.15, 0.2) is 30.5 Å². The summed E-state index contributed by atoms with van der Waals surface area (Å²) in [6.07, 6.45) is 1.93. The van der Waals surface area contributed by atoms with Crippen molar-refractivity contribution >= 4 is 0 Å². The van der Waals surface area contributed by atoms with E-state index in [1.165, 1.54) is 11.1 Å². The Balaban J connectivity index is 2.46. The number of nitrogens with one attached hydrogen (secondary N) is 1. The molecule has 0 fully saturated rings. The first-order valence-corrected chi connectivity index (χ1v) is 4.35. The zero-order valence-corrected chi connectivity index (χ0v) is 7.83. The molecule has 1 aromatic heterocycles. The standard InChI is InChI=1S/C11H12N2/c1-8-4-3-5-10(6-8)11-7-12-9(2)13-11/h3-7H,1-2H3,(H,12,13). The summed E-state index contributed by atoms with van der Waals surface area (Å²) in [6, 6.07) is 8.34. The molecule has 0 atom stereocenters. The smallest absolute Gasteiger partial charge is 0.103 e. The van der Waals surface area contributed by atoms with E-state index in [1.807, 2.05) is 13.1 Å². The van der Waals surface area contributed by atoms with Crippen LogP contribution in [0.5, 0.6) is 0 Å². The van der Waals surface area contributed by atoms with E-state index in [4.69, 9.17) is 0 Å². The lowest BCUT2D eigenvalue weighted by atomic mass is 10.1. The molecule has 66 valence electrons. The first-order valence-electron chi connectivity index (χ1n) is 4.35. The summed E-state index contributed by atoms with van der Waals surface area (Å²) in [5.41, 5.74) is 3.45. The molecule has 0 saturated heterocycles. The lowest BCUT2D eigenvalue weighted by molar-refractivity contribution is 1.15. The third-order valence-electron chi connectivity index (χ3n) is 2.02. The molecule has 0 spiro atoms. The molecule has 2 heteroatoms. The largest absolute Gasteiger partial charge is 0.348 e. The number of imidazole rings is 1. The minimum Gasteiger partial charge on any atom is -0.348 e. The summed E-state index contributed by atoms with van der Waals surface area (Å²) in [6.45, 7) is 4.04. The van der Waals surface area contributed by atoms with Crippen molar-refractivity contribution in [1.29, 1.82) is 0 Å². The molecule has 0 amide bonds. The molecule has 1 N–H and O–H groups in total. The van der Waals surface area contributed by atoms with Crippen molar-refractivity contribution < 1.29 is 0 Å². The van der Waals surface area contributed by atoms with Crippen LogP contribution in [0.3, 0.4) is 0 Å². The molecule has 1 aromatic carbocycles. The molecule has 0 aliphatic carbocycles. The van der Waals surface area contributed by atoms with Crippen molar-refractivity contribution in [1.82, 2.24) is 9.97 Å². The third kappa shape index (κ3) is 1.61. The molecule has 0 aliphatic rings. The zero-order valence-electron chi connectivity index (χ0n) is 7.83. The highest BCUT2D eigenvalue weighted by molar-refractivity contribution is 5.59. The molecule has 2 nitrogen and oxygen atoms in total. The number of rotatable bonds is 1. The summed E-state index contributed by atoms with van der Waals surface area (Å²) in [4.78, 5) is 7.44. The Morgan fingerprint density at radius 1 is 1.23 bits per heavy atom. The maximum absolute atomic E-state index is 4.37. The van der Waals surface area contributed by atoms with Gasteiger partial charge < -0.3 is 4.98 Å². The molecule has 0 saturated carbocycles. The number of benzene rings is 1. The van der Waals surface area contributed by atoms with E-state index in [0.717, 1.165) is 11.5 Å². The lowest BCUT2D eigenvalue weighted by Crippen LogP contribution is -1.79. The van der Waals surface area contributed by atoms with E-state index in [-0.39, 0.29) is 0 Å². The summed E-state index contributed by atoms with van der Waals surface area (Å²) in [5.74, 6) is 0.955. The van der Waals surface area contributed by atoms with Gasteiger partial charge in [0.2, 0.25) is 0 Å². The van der Waals surface area contributed by atoms with Crippen LogP contribution in [0, 0.1) is 13.8 Å². The van der Waals surface area contributed by atoms with Gasteiger partial charge in [-0.25, -0.2) is 4.98 Å². The molecule has 13 heavy (non-hydrogen) atoms. The highest BCUT2D eigenvalue weighted by Gasteiger charge is 2.00. The Labute approximate surface area is 77.6 Å². The average Bonchev–Trinajstić information content (AvgIpc) is 2.52. The molecule has 1 heterocycles. The van der Waals surface area contributed by atoms with Crippen LogP contribution in [0.1, 0.15) is 11.4 Å². The van der Waals surface area contributed by atoms with Crippen molar-refractivity contribution in [2.75, 3.05) is 0 Å². The first-order chi connectivity index (χ1) is 6.25. The van der Waals surface area contributed by atoms with Gasteiger partial charge in [-0.2, -0.15) is 0 Å². The molecule has 2 aromatic rings. The van der Waals surface area contributed by atoms with Crippen LogP contribution in [-0.2, 0) is 0 Å². The second kappa shape index (κ2) is 3.05. The zero-order chi connectivity index (χ0) is 9.26. The number of aromatic nitrogens is 2. The molecule has 0 radical (unpaired) electrons. The minimum atomic E-state index is 0.955. The van der Waals surface area contributed by atoms with E-state index < -0.39 is 0 Å². The van der Waals surface area contributed by atoms with Gasteiger partial charge in [0, 0.05) is 11.8 Å². The second-order valence-electron chi connectivity index (χ2n) is 3.24. The fraction of sp³-hybridized carbons (Fsp3) is 0.182. The van der Waals surface area contributed by atoms with Gasteiger partial charge in [-0.1, -0.05) is 23.8 Å². The van der Waals surface area contributed by atoms with Gasteiger partial charge in [0.05, 0.1) is 5.69 Å². The Bertz CT molecular complexity index is 416. The highest BCUT2D eigenvalue weighted by atomic mass is 14.9. The van der Waals surface area contributed by atoms with Crippen molar-refractivity contribution in [3.63, 3.8) is 0 Å². The summed E-state index contributed by atoms with van der Waals surface area (Å²) < 4.78 is 0. The number of hydrogen-bond acceptors (Lipinski definition) is 1. The summed E-state index contributed by atoms with van der Waals surface area (Å²) in [7, 11) is 0. The fourth-order valence-corrected chi connectivity index (χ4v) is 1.37. The van der Waals surface area contributed by atoms with Crippen molar-refractivity contribution in [3.8, 4) is 11.3 Å². The maximum atomic E-state index is 4.37. The molecule has 2 rings (SSSR count). The van der Waals surface area contributed by atoms with Crippen LogP contribution in [0.2, 0.25) is 0 Å². The quantitative estimate of drug-likeness (QED) is 0.704. The van der Waals surface area contributed by atoms with Gasteiger partial charge in [0.15, 0.2) is 0 Å². The first kappa shape index (κ1) is 8.05. The predicted molar refractivity (Wildman–Crippen MR) is 53.5 cm³/mol. The van der Waals surface area contributed by atoms with Crippen LogP contribution in [-0.4, -0.2) is 9.97 Å². The summed E-state index contributed by atoms with van der Waals surface area (Å²) in [5, 5.41) is 0. The highest BCUT2D eigenvalue weighted by Crippen LogP contribution is 2.17. The maximum Gasteiger partial charge on any atom is 0.103 e. The average molecular weight is 172 g/mol. The molecule has 0 bridgehead atoms. The monoisotopic (exact) mass is 172 g/mol. The van der Waals surface area contributed by atoms with Gasteiger partial charge in [-0.3, -0.25) is 0 Å². The van der Waals surface area contributed by atoms with E-state index in [2.05, 4.69) is 41.2 Å². The van der Waals surface area contributed by atoms with Gasteiger partial charge in [-0.05, 0) is 19.9 Å². The third-order valence-corrected chi connectivity index (χ3v) is 2.02. The Hall–Kier alpha value is -1.57. The van der Waals surface area contributed by atoms with Crippen molar-refractivity contribution in [3.05, 3.63) is 41.9 Å². The van der Waals surface area contributed by atoms with Crippen molar-refractivity contribution in [2.24, 2.45) is 0 Å². The van der Waals surface area contributed by atoms with Gasteiger partial charge >= 0.3 is 0 Å². The van der Waals surface area contributed by atoms with E-state index in [0.29, 0.717) is 0 Å². The van der Waals surface area contributed by atoms with E-state index in [1.54, 1.807) is 0 Å². The van der Waals surface area contributed by atoms with Crippen molar-refractivity contribution in [2.45, 2.75) is 13.8 Å². The number of hydrogen-bond donors (Lipinski definition) is 1. The fourth-order valence-electron chi connectivity index (χ4n) is 1.37. The lowest BCUT2D eigenvalue weighted by Gasteiger charge is -1.96. The Kier molecular flexibility index (Phi) is 1.89. The molecule has 0 aliphatic heterocycles. The van der Waals surface area contributed by atoms with E-state index in [9.17, 15) is 0 Å². The van der Waals surface area contributed by atoms with Gasteiger partial charge in [-0.15, -0.1) is 0 Å². The molecular weight excluding hydrogens is 160 g/mol. The normalized spacial score (nSPS) is 10.3. The van der Waals surface area contributed by atoms with Gasteiger partial charge in [0.1, 0.15) is 5.82 Å². The van der Waals surface area contributed by atoms with Crippen LogP contribution in [0.4, 0.5) is 0 Å². The molecule has 0 unspecified atom stereocenters. The minimum absolute atomic E-state index is 0.955.